The Kier molecular flexibility index (Phi) is 3.81. The van der Waals surface area contributed by atoms with Crippen molar-refractivity contribution < 1.29 is 14.3 Å². The highest BCUT2D eigenvalue weighted by molar-refractivity contribution is 5.93. The molecule has 0 heterocycles. The van der Waals surface area contributed by atoms with Crippen LogP contribution in [0.2, 0.25) is 0 Å². The Labute approximate surface area is 138 Å². The smallest absolute Gasteiger partial charge is 0.156 e. The summed E-state index contributed by atoms with van der Waals surface area (Å²) in [6.45, 7) is 2.74. The molecule has 3 heteroatoms. The summed E-state index contributed by atoms with van der Waals surface area (Å²) >= 11 is 0. The number of carbonyl (C=O) groups excluding carboxylic acids is 1. The first-order valence-electron chi connectivity index (χ1n) is 8.90. The Morgan fingerprint density at radius 3 is 2.91 bits per heavy atom. The summed E-state index contributed by atoms with van der Waals surface area (Å²) in [6, 6.07) is 0. The van der Waals surface area contributed by atoms with Crippen molar-refractivity contribution in [2.75, 3.05) is 13.9 Å². The molecule has 1 fully saturated rings. The lowest BCUT2D eigenvalue weighted by molar-refractivity contribution is -0.114. The number of fused-ring (bicyclic) bond motifs is 4. The molecule has 0 radical (unpaired) electrons. The summed E-state index contributed by atoms with van der Waals surface area (Å²) in [5, 5.41) is 0. The molecule has 23 heavy (non-hydrogen) atoms. The number of hydrogen-bond acceptors (Lipinski definition) is 3. The molecule has 0 unspecified atom stereocenters. The molecular formula is C20H26O3. The molecule has 0 aliphatic heterocycles. The van der Waals surface area contributed by atoms with E-state index < -0.39 is 0 Å². The molecule has 0 spiro atoms. The first kappa shape index (κ1) is 15.3. The topological polar surface area (TPSA) is 35.5 Å². The molecule has 0 bridgehead atoms. The fourth-order valence-electron chi connectivity index (χ4n) is 5.39. The van der Waals surface area contributed by atoms with Gasteiger partial charge in [-0.1, -0.05) is 19.1 Å². The van der Waals surface area contributed by atoms with Crippen molar-refractivity contribution in [2.45, 2.75) is 51.6 Å². The number of ketones is 1. The van der Waals surface area contributed by atoms with Crippen LogP contribution in [0, 0.1) is 17.3 Å². The van der Waals surface area contributed by atoms with Crippen molar-refractivity contribution in [3.05, 3.63) is 34.9 Å². The van der Waals surface area contributed by atoms with Crippen LogP contribution in [0.25, 0.3) is 0 Å². The Bertz CT molecular complexity index is 612. The van der Waals surface area contributed by atoms with Crippen LogP contribution in [0.5, 0.6) is 0 Å². The summed E-state index contributed by atoms with van der Waals surface area (Å²) in [7, 11) is 1.69. The van der Waals surface area contributed by atoms with Gasteiger partial charge in [-0.05, 0) is 66.7 Å². The van der Waals surface area contributed by atoms with Crippen LogP contribution in [-0.2, 0) is 14.3 Å². The van der Waals surface area contributed by atoms with E-state index in [1.165, 1.54) is 29.6 Å². The van der Waals surface area contributed by atoms with Gasteiger partial charge in [-0.15, -0.1) is 0 Å². The molecule has 124 valence electrons. The highest BCUT2D eigenvalue weighted by Crippen LogP contribution is 2.57. The maximum Gasteiger partial charge on any atom is 0.156 e. The molecule has 0 N–H and O–H groups in total. The van der Waals surface area contributed by atoms with Crippen LogP contribution >= 0.6 is 0 Å². The molecule has 4 rings (SSSR count). The Morgan fingerprint density at radius 2 is 2.09 bits per heavy atom. The van der Waals surface area contributed by atoms with E-state index in [2.05, 4.69) is 19.1 Å². The predicted octanol–water partition coefficient (Wildman–Crippen LogP) is 3.96. The van der Waals surface area contributed by atoms with E-state index in [-0.39, 0.29) is 11.5 Å². The standard InChI is InChI=1S/C20H26O3/c1-20-10-9-16-15-6-4-14(21)11-13(15)3-5-17(16)18(20)7-8-19(20)23-12-22-2/h9-11,17-19H,3-8,12H2,1-2H3/t17-,18-,19-,20+/m1/s1. The van der Waals surface area contributed by atoms with E-state index in [0.29, 0.717) is 30.8 Å². The lowest BCUT2D eigenvalue weighted by atomic mass is 9.60. The second-order valence-corrected chi connectivity index (χ2v) is 7.66. The minimum absolute atomic E-state index is 0.124. The fraction of sp³-hybridized carbons (Fsp3) is 0.650. The van der Waals surface area contributed by atoms with Crippen LogP contribution in [0.4, 0.5) is 0 Å². The number of hydrogen-bond donors (Lipinski definition) is 0. The van der Waals surface area contributed by atoms with Gasteiger partial charge in [0.2, 0.25) is 0 Å². The average molecular weight is 314 g/mol. The zero-order valence-electron chi connectivity index (χ0n) is 14.1. The zero-order chi connectivity index (χ0) is 16.0. The lowest BCUT2D eigenvalue weighted by Crippen LogP contribution is -2.40. The van der Waals surface area contributed by atoms with Gasteiger partial charge in [-0.3, -0.25) is 4.79 Å². The highest BCUT2D eigenvalue weighted by Gasteiger charge is 2.52. The highest BCUT2D eigenvalue weighted by atomic mass is 16.7. The van der Waals surface area contributed by atoms with Crippen molar-refractivity contribution in [2.24, 2.45) is 17.3 Å². The normalized spacial score (nSPS) is 39.0. The van der Waals surface area contributed by atoms with Crippen molar-refractivity contribution in [3.63, 3.8) is 0 Å². The number of methoxy groups -OCH3 is 1. The van der Waals surface area contributed by atoms with Crippen molar-refractivity contribution in [3.8, 4) is 0 Å². The summed E-state index contributed by atoms with van der Waals surface area (Å²) in [6.07, 6.45) is 13.1. The maximum atomic E-state index is 11.7. The van der Waals surface area contributed by atoms with Crippen molar-refractivity contribution >= 4 is 5.78 Å². The molecule has 4 atom stereocenters. The van der Waals surface area contributed by atoms with Crippen molar-refractivity contribution in [1.29, 1.82) is 0 Å². The Balaban J connectivity index is 1.69. The molecule has 4 aliphatic carbocycles. The minimum Gasteiger partial charge on any atom is -0.359 e. The maximum absolute atomic E-state index is 11.7. The van der Waals surface area contributed by atoms with Crippen LogP contribution in [-0.4, -0.2) is 25.8 Å². The van der Waals surface area contributed by atoms with Gasteiger partial charge in [-0.2, -0.15) is 0 Å². The molecule has 0 aromatic heterocycles. The van der Waals surface area contributed by atoms with Gasteiger partial charge in [-0.25, -0.2) is 0 Å². The minimum atomic E-state index is 0.124. The van der Waals surface area contributed by atoms with E-state index in [9.17, 15) is 4.79 Å². The fourth-order valence-corrected chi connectivity index (χ4v) is 5.39. The second kappa shape index (κ2) is 5.71. The van der Waals surface area contributed by atoms with Gasteiger partial charge < -0.3 is 9.47 Å². The number of ether oxygens (including phenoxy) is 2. The molecule has 1 saturated carbocycles. The number of rotatable bonds is 3. The third-order valence-electron chi connectivity index (χ3n) is 6.54. The molecule has 0 aromatic rings. The van der Waals surface area contributed by atoms with Crippen molar-refractivity contribution in [1.82, 2.24) is 0 Å². The SMILES string of the molecule is COCO[C@@H]1CC[C@@H]2[C@@H]3CCC4=CC(=O)CCC4=C3C=C[C@@]21C. The lowest BCUT2D eigenvalue weighted by Gasteiger charge is -2.45. The molecule has 4 aliphatic rings. The monoisotopic (exact) mass is 314 g/mol. The van der Waals surface area contributed by atoms with Crippen LogP contribution in [0.3, 0.4) is 0 Å². The summed E-state index contributed by atoms with van der Waals surface area (Å²) in [5.74, 6) is 1.61. The van der Waals surface area contributed by atoms with E-state index in [0.717, 1.165) is 19.3 Å². The Morgan fingerprint density at radius 1 is 1.22 bits per heavy atom. The van der Waals surface area contributed by atoms with Crippen LogP contribution < -0.4 is 0 Å². The average Bonchev–Trinajstić information content (AvgIpc) is 2.89. The van der Waals surface area contributed by atoms with E-state index >= 15 is 0 Å². The predicted molar refractivity (Wildman–Crippen MR) is 88.8 cm³/mol. The molecule has 0 amide bonds. The van der Waals surface area contributed by atoms with E-state index in [1.54, 1.807) is 7.11 Å². The van der Waals surface area contributed by atoms with Gasteiger partial charge in [0.05, 0.1) is 6.10 Å². The first-order chi connectivity index (χ1) is 11.1. The Hall–Kier alpha value is -1.19. The number of carbonyl (C=O) groups is 1. The van der Waals surface area contributed by atoms with Crippen LogP contribution in [0.15, 0.2) is 34.9 Å². The summed E-state index contributed by atoms with van der Waals surface area (Å²) in [5.41, 5.74) is 4.43. The largest absolute Gasteiger partial charge is 0.359 e. The van der Waals surface area contributed by atoms with E-state index in [1.807, 2.05) is 6.08 Å². The molecule has 3 nitrogen and oxygen atoms in total. The van der Waals surface area contributed by atoms with Gasteiger partial charge >= 0.3 is 0 Å². The van der Waals surface area contributed by atoms with Gasteiger partial charge in [0, 0.05) is 18.9 Å². The molecule has 0 saturated heterocycles. The second-order valence-electron chi connectivity index (χ2n) is 7.66. The van der Waals surface area contributed by atoms with Gasteiger partial charge in [0.1, 0.15) is 6.79 Å². The first-order valence-corrected chi connectivity index (χ1v) is 8.90. The number of allylic oxidation sites excluding steroid dienone is 5. The molecular weight excluding hydrogens is 288 g/mol. The van der Waals surface area contributed by atoms with Gasteiger partial charge in [0.25, 0.3) is 0 Å². The zero-order valence-corrected chi connectivity index (χ0v) is 14.1. The van der Waals surface area contributed by atoms with Gasteiger partial charge in [0.15, 0.2) is 5.78 Å². The van der Waals surface area contributed by atoms with E-state index in [4.69, 9.17) is 9.47 Å². The third-order valence-corrected chi connectivity index (χ3v) is 6.54. The third kappa shape index (κ3) is 2.36. The summed E-state index contributed by atoms with van der Waals surface area (Å²) in [4.78, 5) is 11.7. The summed E-state index contributed by atoms with van der Waals surface area (Å²) < 4.78 is 11.1. The van der Waals surface area contributed by atoms with Crippen LogP contribution in [0.1, 0.15) is 45.4 Å². The molecule has 0 aromatic carbocycles. The quantitative estimate of drug-likeness (QED) is 0.740.